The number of anilines is 2. The second-order valence-electron chi connectivity index (χ2n) is 7.29. The number of benzene rings is 2. The Kier molecular flexibility index (Phi) is 6.91. The number of rotatable bonds is 8. The standard InChI is InChI=1S/C20H24FN5O4/c1-22-11-13-23(14-12-22)9-4-10-24(19-5-2-3-6-20(19)26(29)30)16-7-8-18(25(27)28)17(21)15-16/h2-3,5-8,15H,4,9-14H2,1H3. The molecule has 1 heterocycles. The van der Waals surface area contributed by atoms with Crippen LogP contribution in [0.25, 0.3) is 0 Å². The Morgan fingerprint density at radius 2 is 1.67 bits per heavy atom. The van der Waals surface area contributed by atoms with Gasteiger partial charge in [-0.05, 0) is 32.1 Å². The summed E-state index contributed by atoms with van der Waals surface area (Å²) in [6.45, 7) is 5.10. The van der Waals surface area contributed by atoms with Crippen LogP contribution in [0.3, 0.4) is 0 Å². The van der Waals surface area contributed by atoms with E-state index in [4.69, 9.17) is 0 Å². The number of nitrogens with zero attached hydrogens (tertiary/aromatic N) is 5. The molecule has 0 amide bonds. The van der Waals surface area contributed by atoms with Crippen LogP contribution in [-0.2, 0) is 0 Å². The molecule has 0 aromatic heterocycles. The van der Waals surface area contributed by atoms with Crippen LogP contribution < -0.4 is 4.90 Å². The zero-order valence-corrected chi connectivity index (χ0v) is 16.7. The normalized spacial score (nSPS) is 15.1. The molecule has 0 bridgehead atoms. The topological polar surface area (TPSA) is 96.0 Å². The molecule has 9 nitrogen and oxygen atoms in total. The molecule has 30 heavy (non-hydrogen) atoms. The molecule has 1 fully saturated rings. The van der Waals surface area contributed by atoms with Crippen molar-refractivity contribution in [2.24, 2.45) is 0 Å². The molecule has 2 aromatic carbocycles. The second kappa shape index (κ2) is 9.59. The van der Waals surface area contributed by atoms with Crippen LogP contribution in [0.4, 0.5) is 27.1 Å². The lowest BCUT2D eigenvalue weighted by Gasteiger charge is -2.33. The van der Waals surface area contributed by atoms with Gasteiger partial charge >= 0.3 is 5.69 Å². The first-order valence-corrected chi connectivity index (χ1v) is 9.72. The zero-order chi connectivity index (χ0) is 21.7. The van der Waals surface area contributed by atoms with E-state index >= 15 is 0 Å². The van der Waals surface area contributed by atoms with Crippen LogP contribution in [0, 0.1) is 26.0 Å². The fourth-order valence-electron chi connectivity index (χ4n) is 3.57. The van der Waals surface area contributed by atoms with Gasteiger partial charge in [-0.1, -0.05) is 12.1 Å². The molecular weight excluding hydrogens is 393 g/mol. The van der Waals surface area contributed by atoms with Crippen molar-refractivity contribution >= 4 is 22.7 Å². The second-order valence-corrected chi connectivity index (χ2v) is 7.29. The van der Waals surface area contributed by atoms with Crippen molar-refractivity contribution in [2.75, 3.05) is 51.2 Å². The van der Waals surface area contributed by atoms with Crippen LogP contribution in [0.5, 0.6) is 0 Å². The molecule has 0 radical (unpaired) electrons. The maximum atomic E-state index is 14.3. The maximum Gasteiger partial charge on any atom is 0.304 e. The first kappa shape index (κ1) is 21.6. The molecule has 2 aromatic rings. The lowest BCUT2D eigenvalue weighted by atomic mass is 10.1. The number of hydrogen-bond donors (Lipinski definition) is 0. The van der Waals surface area contributed by atoms with Crippen LogP contribution in [0.2, 0.25) is 0 Å². The number of piperazine rings is 1. The van der Waals surface area contributed by atoms with Crippen LogP contribution in [0.1, 0.15) is 6.42 Å². The number of halogens is 1. The Bertz CT molecular complexity index is 918. The Hall–Kier alpha value is -3.11. The quantitative estimate of drug-likeness (QED) is 0.480. The maximum absolute atomic E-state index is 14.3. The number of likely N-dealkylation sites (N-methyl/N-ethyl adjacent to an activating group) is 1. The van der Waals surface area contributed by atoms with Crippen LogP contribution >= 0.6 is 0 Å². The van der Waals surface area contributed by atoms with E-state index in [1.807, 2.05) is 0 Å². The van der Waals surface area contributed by atoms with E-state index in [2.05, 4.69) is 16.8 Å². The molecule has 160 valence electrons. The van der Waals surface area contributed by atoms with E-state index in [1.54, 1.807) is 23.1 Å². The molecule has 10 heteroatoms. The summed E-state index contributed by atoms with van der Waals surface area (Å²) in [5, 5.41) is 22.5. The summed E-state index contributed by atoms with van der Waals surface area (Å²) >= 11 is 0. The summed E-state index contributed by atoms with van der Waals surface area (Å²) in [6, 6.07) is 9.82. The molecule has 1 saturated heterocycles. The van der Waals surface area contributed by atoms with Gasteiger partial charge in [-0.3, -0.25) is 20.2 Å². The van der Waals surface area contributed by atoms with Gasteiger partial charge in [-0.2, -0.15) is 4.39 Å². The minimum absolute atomic E-state index is 0.101. The Morgan fingerprint density at radius 1 is 1.00 bits per heavy atom. The van der Waals surface area contributed by atoms with E-state index < -0.39 is 21.4 Å². The summed E-state index contributed by atoms with van der Waals surface area (Å²) < 4.78 is 14.3. The molecule has 0 N–H and O–H groups in total. The summed E-state index contributed by atoms with van der Waals surface area (Å²) in [5.41, 5.74) is -0.0607. The molecule has 1 aliphatic heterocycles. The highest BCUT2D eigenvalue weighted by Gasteiger charge is 2.23. The van der Waals surface area contributed by atoms with Crippen molar-refractivity contribution in [3.05, 3.63) is 68.5 Å². The molecule has 0 saturated carbocycles. The number of nitro groups is 2. The van der Waals surface area contributed by atoms with Crippen molar-refractivity contribution in [2.45, 2.75) is 6.42 Å². The first-order chi connectivity index (χ1) is 14.4. The molecule has 0 atom stereocenters. The van der Waals surface area contributed by atoms with Crippen LogP contribution in [0.15, 0.2) is 42.5 Å². The fraction of sp³-hybridized carbons (Fsp3) is 0.400. The molecular formula is C20H24FN5O4. The van der Waals surface area contributed by atoms with Crippen molar-refractivity contribution in [3.63, 3.8) is 0 Å². The van der Waals surface area contributed by atoms with Gasteiger partial charge in [0.1, 0.15) is 5.69 Å². The van der Waals surface area contributed by atoms with Gasteiger partial charge in [-0.25, -0.2) is 0 Å². The van der Waals surface area contributed by atoms with Gasteiger partial charge in [0.2, 0.25) is 5.82 Å². The third kappa shape index (κ3) is 5.08. The van der Waals surface area contributed by atoms with Crippen molar-refractivity contribution in [1.82, 2.24) is 9.80 Å². The highest BCUT2D eigenvalue weighted by atomic mass is 19.1. The molecule has 3 rings (SSSR count). The van der Waals surface area contributed by atoms with E-state index in [1.165, 1.54) is 12.1 Å². The molecule has 0 spiro atoms. The average Bonchev–Trinajstić information content (AvgIpc) is 2.72. The summed E-state index contributed by atoms with van der Waals surface area (Å²) in [7, 11) is 2.08. The zero-order valence-electron chi connectivity index (χ0n) is 16.7. The average molecular weight is 417 g/mol. The Balaban J connectivity index is 1.85. The minimum Gasteiger partial charge on any atom is -0.336 e. The number of para-hydroxylation sites is 2. The predicted octanol–water partition coefficient (Wildman–Crippen LogP) is 3.42. The Labute approximate surface area is 173 Å². The molecule has 1 aliphatic rings. The van der Waals surface area contributed by atoms with E-state index in [-0.39, 0.29) is 5.69 Å². The third-order valence-corrected chi connectivity index (χ3v) is 5.26. The van der Waals surface area contributed by atoms with Crippen molar-refractivity contribution < 1.29 is 14.2 Å². The highest BCUT2D eigenvalue weighted by Crippen LogP contribution is 2.35. The van der Waals surface area contributed by atoms with Gasteiger partial charge in [0.05, 0.1) is 9.85 Å². The summed E-state index contributed by atoms with van der Waals surface area (Å²) in [6.07, 6.45) is 0.703. The molecule has 0 unspecified atom stereocenters. The predicted molar refractivity (Wildman–Crippen MR) is 112 cm³/mol. The van der Waals surface area contributed by atoms with Gasteiger partial charge in [0, 0.05) is 56.6 Å². The van der Waals surface area contributed by atoms with Gasteiger partial charge in [-0.15, -0.1) is 0 Å². The van der Waals surface area contributed by atoms with Gasteiger partial charge < -0.3 is 14.7 Å². The lowest BCUT2D eigenvalue weighted by molar-refractivity contribution is -0.387. The van der Waals surface area contributed by atoms with Crippen molar-refractivity contribution in [3.8, 4) is 0 Å². The molecule has 0 aliphatic carbocycles. The summed E-state index contributed by atoms with van der Waals surface area (Å²) in [4.78, 5) is 27.4. The van der Waals surface area contributed by atoms with Gasteiger partial charge in [0.15, 0.2) is 0 Å². The van der Waals surface area contributed by atoms with Gasteiger partial charge in [0.25, 0.3) is 5.69 Å². The number of nitro benzene ring substituents is 2. The van der Waals surface area contributed by atoms with Crippen LogP contribution in [-0.4, -0.2) is 66.0 Å². The SMILES string of the molecule is CN1CCN(CCCN(c2ccc([N+](=O)[O-])c(F)c2)c2ccccc2[N+](=O)[O-])CC1. The van der Waals surface area contributed by atoms with E-state index in [0.717, 1.165) is 44.9 Å². The summed E-state index contributed by atoms with van der Waals surface area (Å²) in [5.74, 6) is -0.972. The smallest absolute Gasteiger partial charge is 0.304 e. The number of hydrogen-bond acceptors (Lipinski definition) is 7. The largest absolute Gasteiger partial charge is 0.336 e. The Morgan fingerprint density at radius 3 is 2.30 bits per heavy atom. The van der Waals surface area contributed by atoms with Crippen molar-refractivity contribution in [1.29, 1.82) is 0 Å². The van der Waals surface area contributed by atoms with E-state index in [9.17, 15) is 24.6 Å². The first-order valence-electron chi connectivity index (χ1n) is 9.72. The lowest BCUT2D eigenvalue weighted by Crippen LogP contribution is -2.45. The highest BCUT2D eigenvalue weighted by molar-refractivity contribution is 5.72. The fourth-order valence-corrected chi connectivity index (χ4v) is 3.57. The minimum atomic E-state index is -0.972. The van der Waals surface area contributed by atoms with E-state index in [0.29, 0.717) is 24.3 Å². The third-order valence-electron chi connectivity index (χ3n) is 5.26. The monoisotopic (exact) mass is 417 g/mol.